The molecule has 0 bridgehead atoms. The fourth-order valence-electron chi connectivity index (χ4n) is 3.45. The van der Waals surface area contributed by atoms with E-state index in [4.69, 9.17) is 0 Å². The summed E-state index contributed by atoms with van der Waals surface area (Å²) in [5.74, 6) is 0. The molecular weight excluding hydrogens is 184 g/mol. The molecule has 1 unspecified atom stereocenters. The van der Waals surface area contributed by atoms with Crippen molar-refractivity contribution in [1.82, 2.24) is 0 Å². The zero-order valence-electron chi connectivity index (χ0n) is 10.2. The second-order valence-corrected chi connectivity index (χ2v) is 6.17. The smallest absolute Gasteiger partial charge is 0.0696 e. The van der Waals surface area contributed by atoms with Crippen LogP contribution in [0.1, 0.15) is 52.9 Å². The van der Waals surface area contributed by atoms with Gasteiger partial charge in [0.2, 0.25) is 0 Å². The van der Waals surface area contributed by atoms with Crippen molar-refractivity contribution in [2.24, 2.45) is 5.41 Å². The summed E-state index contributed by atoms with van der Waals surface area (Å²) in [5, 5.41) is 10.2. The lowest BCUT2D eigenvalue weighted by molar-refractivity contribution is 0.0530. The molecule has 1 heteroatoms. The molecule has 0 amide bonds. The van der Waals surface area contributed by atoms with E-state index in [9.17, 15) is 5.11 Å². The molecule has 84 valence electrons. The Morgan fingerprint density at radius 2 is 1.87 bits per heavy atom. The summed E-state index contributed by atoms with van der Waals surface area (Å²) in [5.41, 5.74) is 3.84. The molecule has 0 saturated heterocycles. The summed E-state index contributed by atoms with van der Waals surface area (Å²) < 4.78 is 0. The van der Waals surface area contributed by atoms with Gasteiger partial charge in [0, 0.05) is 6.42 Å². The van der Waals surface area contributed by atoms with Crippen LogP contribution in [0.25, 0.3) is 0 Å². The van der Waals surface area contributed by atoms with Gasteiger partial charge in [-0.2, -0.15) is 0 Å². The van der Waals surface area contributed by atoms with Crippen molar-refractivity contribution in [3.05, 3.63) is 23.3 Å². The summed E-state index contributed by atoms with van der Waals surface area (Å²) in [6.07, 6.45) is 5.27. The Hall–Kier alpha value is -0.560. The molecule has 1 atom stereocenters. The van der Waals surface area contributed by atoms with Gasteiger partial charge in [-0.1, -0.05) is 26.0 Å². The first kappa shape index (κ1) is 10.9. The van der Waals surface area contributed by atoms with Gasteiger partial charge in [0.1, 0.15) is 0 Å². The van der Waals surface area contributed by atoms with E-state index in [0.717, 1.165) is 19.3 Å². The molecule has 0 spiro atoms. The van der Waals surface area contributed by atoms with Gasteiger partial charge in [-0.15, -0.1) is 0 Å². The molecule has 0 aromatic heterocycles. The van der Waals surface area contributed by atoms with E-state index >= 15 is 0 Å². The van der Waals surface area contributed by atoms with E-state index in [0.29, 0.717) is 0 Å². The van der Waals surface area contributed by atoms with Crippen LogP contribution in [-0.2, 0) is 0 Å². The molecule has 0 aromatic carbocycles. The topological polar surface area (TPSA) is 20.2 Å². The number of rotatable bonds is 0. The Morgan fingerprint density at radius 1 is 1.20 bits per heavy atom. The third-order valence-electron chi connectivity index (χ3n) is 3.85. The minimum atomic E-state index is -0.552. The van der Waals surface area contributed by atoms with Crippen molar-refractivity contribution in [2.75, 3.05) is 0 Å². The molecule has 0 saturated carbocycles. The molecular formula is C14H22O. The first-order valence-electron chi connectivity index (χ1n) is 5.95. The fourth-order valence-corrected chi connectivity index (χ4v) is 3.45. The highest BCUT2D eigenvalue weighted by Crippen LogP contribution is 2.50. The zero-order valence-corrected chi connectivity index (χ0v) is 10.2. The highest BCUT2D eigenvalue weighted by molar-refractivity contribution is 5.44. The maximum atomic E-state index is 10.2. The highest BCUT2D eigenvalue weighted by atomic mass is 16.3. The van der Waals surface area contributed by atoms with Crippen molar-refractivity contribution >= 4 is 0 Å². The van der Waals surface area contributed by atoms with Crippen LogP contribution in [-0.4, -0.2) is 10.7 Å². The highest BCUT2D eigenvalue weighted by Gasteiger charge is 2.38. The van der Waals surface area contributed by atoms with Crippen molar-refractivity contribution in [3.63, 3.8) is 0 Å². The minimum absolute atomic E-state index is 0.279. The van der Waals surface area contributed by atoms with Crippen molar-refractivity contribution in [2.45, 2.75) is 58.5 Å². The van der Waals surface area contributed by atoms with Crippen LogP contribution >= 0.6 is 0 Å². The standard InChI is InChI=1S/C14H22O/c1-10-8-14(4,15)9-11-6-5-7-13(2,3)12(10)11/h15H,1,5-9H2,2-4H3. The van der Waals surface area contributed by atoms with Crippen molar-refractivity contribution in [3.8, 4) is 0 Å². The summed E-state index contributed by atoms with van der Waals surface area (Å²) in [7, 11) is 0. The largest absolute Gasteiger partial charge is 0.390 e. The Kier molecular flexibility index (Phi) is 2.34. The first-order valence-corrected chi connectivity index (χ1v) is 5.95. The Morgan fingerprint density at radius 3 is 2.53 bits per heavy atom. The van der Waals surface area contributed by atoms with Gasteiger partial charge in [0.05, 0.1) is 5.60 Å². The molecule has 2 rings (SSSR count). The number of hydrogen-bond donors (Lipinski definition) is 1. The van der Waals surface area contributed by atoms with E-state index in [1.807, 2.05) is 6.92 Å². The summed E-state index contributed by atoms with van der Waals surface area (Å²) >= 11 is 0. The maximum absolute atomic E-state index is 10.2. The molecule has 0 radical (unpaired) electrons. The molecule has 2 aliphatic rings. The number of aliphatic hydroxyl groups is 1. The van der Waals surface area contributed by atoms with Gasteiger partial charge in [0.25, 0.3) is 0 Å². The van der Waals surface area contributed by atoms with Crippen LogP contribution in [0.2, 0.25) is 0 Å². The molecule has 0 aromatic rings. The lowest BCUT2D eigenvalue weighted by Crippen LogP contribution is -2.35. The van der Waals surface area contributed by atoms with Gasteiger partial charge in [-0.25, -0.2) is 0 Å². The van der Waals surface area contributed by atoms with Gasteiger partial charge in [0.15, 0.2) is 0 Å². The van der Waals surface area contributed by atoms with Crippen LogP contribution in [0.15, 0.2) is 23.3 Å². The lowest BCUT2D eigenvalue weighted by atomic mass is 9.64. The average molecular weight is 206 g/mol. The summed E-state index contributed by atoms with van der Waals surface area (Å²) in [6, 6.07) is 0. The Bertz CT molecular complexity index is 331. The van der Waals surface area contributed by atoms with Crippen LogP contribution in [0.4, 0.5) is 0 Å². The molecule has 2 aliphatic carbocycles. The van der Waals surface area contributed by atoms with Crippen LogP contribution in [0.3, 0.4) is 0 Å². The van der Waals surface area contributed by atoms with Gasteiger partial charge >= 0.3 is 0 Å². The van der Waals surface area contributed by atoms with Crippen molar-refractivity contribution < 1.29 is 5.11 Å². The maximum Gasteiger partial charge on any atom is 0.0696 e. The minimum Gasteiger partial charge on any atom is -0.390 e. The Balaban J connectivity index is 2.44. The van der Waals surface area contributed by atoms with E-state index in [1.165, 1.54) is 29.6 Å². The zero-order chi connectivity index (χ0) is 11.3. The molecule has 1 nitrogen and oxygen atoms in total. The fraction of sp³-hybridized carbons (Fsp3) is 0.714. The van der Waals surface area contributed by atoms with E-state index < -0.39 is 5.60 Å². The van der Waals surface area contributed by atoms with Crippen molar-refractivity contribution in [1.29, 1.82) is 0 Å². The quantitative estimate of drug-likeness (QED) is 0.642. The van der Waals surface area contributed by atoms with E-state index in [2.05, 4.69) is 20.4 Å². The lowest BCUT2D eigenvalue weighted by Gasteiger charge is -2.43. The Labute approximate surface area is 92.9 Å². The summed E-state index contributed by atoms with van der Waals surface area (Å²) in [4.78, 5) is 0. The second-order valence-electron chi connectivity index (χ2n) is 6.17. The molecule has 0 aliphatic heterocycles. The SMILES string of the molecule is C=C1CC(C)(O)CC2=C1C(C)(C)CCC2. The molecule has 15 heavy (non-hydrogen) atoms. The van der Waals surface area contributed by atoms with Crippen LogP contribution in [0, 0.1) is 5.41 Å². The monoisotopic (exact) mass is 206 g/mol. The number of allylic oxidation sites excluding steroid dienone is 1. The van der Waals surface area contributed by atoms with E-state index in [1.54, 1.807) is 0 Å². The first-order chi connectivity index (χ1) is 6.82. The van der Waals surface area contributed by atoms with Gasteiger partial charge < -0.3 is 5.11 Å². The normalized spacial score (nSPS) is 35.3. The molecule has 1 N–H and O–H groups in total. The second kappa shape index (κ2) is 3.21. The molecule has 0 fully saturated rings. The number of hydrogen-bond acceptors (Lipinski definition) is 1. The summed E-state index contributed by atoms with van der Waals surface area (Å²) in [6.45, 7) is 10.7. The third kappa shape index (κ3) is 1.90. The average Bonchev–Trinajstić information content (AvgIpc) is 1.97. The predicted octanol–water partition coefficient (Wildman–Crippen LogP) is 3.59. The van der Waals surface area contributed by atoms with Crippen LogP contribution in [0.5, 0.6) is 0 Å². The van der Waals surface area contributed by atoms with Crippen LogP contribution < -0.4 is 0 Å². The van der Waals surface area contributed by atoms with Gasteiger partial charge in [-0.3, -0.25) is 0 Å². The molecule has 0 heterocycles. The predicted molar refractivity (Wildman–Crippen MR) is 63.7 cm³/mol. The van der Waals surface area contributed by atoms with E-state index in [-0.39, 0.29) is 5.41 Å². The van der Waals surface area contributed by atoms with Gasteiger partial charge in [-0.05, 0) is 49.2 Å². The third-order valence-corrected chi connectivity index (χ3v) is 3.85.